The van der Waals surface area contributed by atoms with Gasteiger partial charge in [0.15, 0.2) is 5.82 Å². The molecule has 0 radical (unpaired) electrons. The molecular weight excluding hydrogens is 372 g/mol. The molecule has 1 N–H and O–H groups in total. The van der Waals surface area contributed by atoms with Gasteiger partial charge in [0.2, 0.25) is 5.89 Å². The van der Waals surface area contributed by atoms with E-state index in [-0.39, 0.29) is 11.6 Å². The number of carbonyl (C=O) groups is 1. The van der Waals surface area contributed by atoms with E-state index >= 15 is 0 Å². The number of likely N-dealkylation sites (tertiary alicyclic amines) is 1. The van der Waals surface area contributed by atoms with Gasteiger partial charge in [0, 0.05) is 44.8 Å². The second-order valence-electron chi connectivity index (χ2n) is 7.97. The number of ether oxygens (including phenoxy) is 2. The smallest absolute Gasteiger partial charge is 0.321 e. The van der Waals surface area contributed by atoms with Gasteiger partial charge in [-0.1, -0.05) is 11.2 Å². The van der Waals surface area contributed by atoms with E-state index < -0.39 is 0 Å². The van der Waals surface area contributed by atoms with Crippen molar-refractivity contribution in [2.24, 2.45) is 5.92 Å². The summed E-state index contributed by atoms with van der Waals surface area (Å²) in [6, 6.07) is 7.31. The van der Waals surface area contributed by atoms with Crippen molar-refractivity contribution in [3.8, 4) is 5.75 Å². The number of amides is 2. The quantitative estimate of drug-likeness (QED) is 0.846. The molecule has 1 aromatic carbocycles. The Labute approximate surface area is 170 Å². The summed E-state index contributed by atoms with van der Waals surface area (Å²) in [5.41, 5.74) is 0.591. The average Bonchev–Trinajstić information content (AvgIpc) is 3.13. The number of piperidine rings is 1. The lowest BCUT2D eigenvalue weighted by Crippen LogP contribution is -2.51. The number of hydrogen-bond donors (Lipinski definition) is 1. The summed E-state index contributed by atoms with van der Waals surface area (Å²) in [4.78, 5) is 18.9. The van der Waals surface area contributed by atoms with Crippen LogP contribution in [-0.4, -0.2) is 53.5 Å². The molecule has 0 saturated carbocycles. The van der Waals surface area contributed by atoms with Gasteiger partial charge in [-0.25, -0.2) is 4.79 Å². The minimum absolute atomic E-state index is 0.0808. The van der Waals surface area contributed by atoms with Crippen molar-refractivity contribution in [1.82, 2.24) is 15.0 Å². The molecule has 0 aliphatic carbocycles. The molecule has 8 nitrogen and oxygen atoms in total. The molecule has 2 aromatic rings. The predicted octanol–water partition coefficient (Wildman–Crippen LogP) is 3.42. The summed E-state index contributed by atoms with van der Waals surface area (Å²) in [5, 5.41) is 6.99. The lowest BCUT2D eigenvalue weighted by atomic mass is 9.78. The Bertz CT molecular complexity index is 845. The molecule has 1 atom stereocenters. The third kappa shape index (κ3) is 4.70. The van der Waals surface area contributed by atoms with Gasteiger partial charge >= 0.3 is 6.03 Å². The maximum absolute atomic E-state index is 12.7. The largest absolute Gasteiger partial charge is 0.497 e. The van der Waals surface area contributed by atoms with Gasteiger partial charge in [-0.15, -0.1) is 0 Å². The van der Waals surface area contributed by atoms with Crippen molar-refractivity contribution in [2.75, 3.05) is 32.1 Å². The highest BCUT2D eigenvalue weighted by molar-refractivity contribution is 5.89. The van der Waals surface area contributed by atoms with Gasteiger partial charge in [0.25, 0.3) is 0 Å². The number of nitrogens with one attached hydrogen (secondary N) is 1. The molecule has 8 heteroatoms. The number of methoxy groups -OCH3 is 1. The van der Waals surface area contributed by atoms with Crippen LogP contribution in [-0.2, 0) is 11.2 Å². The van der Waals surface area contributed by atoms with Crippen LogP contribution in [0.15, 0.2) is 28.8 Å². The van der Waals surface area contributed by atoms with Crippen LogP contribution in [0, 0.1) is 12.8 Å². The number of urea groups is 1. The molecule has 1 unspecified atom stereocenters. The highest BCUT2D eigenvalue weighted by Crippen LogP contribution is 2.38. The maximum Gasteiger partial charge on any atom is 0.321 e. The Hall–Kier alpha value is -2.61. The highest BCUT2D eigenvalue weighted by Gasteiger charge is 2.41. The zero-order chi connectivity index (χ0) is 20.3. The lowest BCUT2D eigenvalue weighted by molar-refractivity contribution is -0.122. The zero-order valence-electron chi connectivity index (χ0n) is 17.0. The van der Waals surface area contributed by atoms with Crippen LogP contribution in [0.4, 0.5) is 10.5 Å². The fourth-order valence-corrected chi connectivity index (χ4v) is 4.35. The van der Waals surface area contributed by atoms with Crippen molar-refractivity contribution < 1.29 is 18.8 Å². The van der Waals surface area contributed by atoms with Crippen LogP contribution < -0.4 is 10.1 Å². The number of benzene rings is 1. The number of anilines is 1. The predicted molar refractivity (Wildman–Crippen MR) is 107 cm³/mol. The second-order valence-corrected chi connectivity index (χ2v) is 7.97. The molecule has 0 bridgehead atoms. The van der Waals surface area contributed by atoms with Gasteiger partial charge in [-0.05, 0) is 43.7 Å². The molecule has 2 fully saturated rings. The zero-order valence-corrected chi connectivity index (χ0v) is 17.0. The first kappa shape index (κ1) is 19.7. The summed E-state index contributed by atoms with van der Waals surface area (Å²) in [6.07, 6.45) is 4.50. The Morgan fingerprint density at radius 2 is 2.21 bits per heavy atom. The molecule has 3 heterocycles. The van der Waals surface area contributed by atoms with E-state index in [2.05, 4.69) is 15.5 Å². The van der Waals surface area contributed by atoms with Gasteiger partial charge in [0.1, 0.15) is 5.75 Å². The van der Waals surface area contributed by atoms with E-state index in [0.29, 0.717) is 24.9 Å². The van der Waals surface area contributed by atoms with Crippen LogP contribution in [0.5, 0.6) is 5.75 Å². The van der Waals surface area contributed by atoms with E-state index in [1.807, 2.05) is 36.1 Å². The minimum Gasteiger partial charge on any atom is -0.497 e. The fourth-order valence-electron chi connectivity index (χ4n) is 4.35. The van der Waals surface area contributed by atoms with Crippen molar-refractivity contribution >= 4 is 11.7 Å². The minimum atomic E-state index is -0.144. The SMILES string of the molecule is COc1cccc(NC(=O)N2CCC3(CC2)CC(Cc2noc(C)n2)CCO3)c1. The highest BCUT2D eigenvalue weighted by atomic mass is 16.5. The van der Waals surface area contributed by atoms with Crippen LogP contribution in [0.25, 0.3) is 0 Å². The molecule has 156 valence electrons. The summed E-state index contributed by atoms with van der Waals surface area (Å²) in [7, 11) is 1.61. The van der Waals surface area contributed by atoms with E-state index in [1.54, 1.807) is 7.11 Å². The van der Waals surface area contributed by atoms with E-state index in [4.69, 9.17) is 14.0 Å². The maximum atomic E-state index is 12.7. The first-order chi connectivity index (χ1) is 14.0. The number of aromatic nitrogens is 2. The number of nitrogens with zero attached hydrogens (tertiary/aromatic N) is 3. The lowest BCUT2D eigenvalue weighted by Gasteiger charge is -2.46. The molecule has 4 rings (SSSR count). The number of rotatable bonds is 4. The van der Waals surface area contributed by atoms with Crippen LogP contribution in [0.2, 0.25) is 0 Å². The van der Waals surface area contributed by atoms with Crippen molar-refractivity contribution in [2.45, 2.75) is 44.6 Å². The Morgan fingerprint density at radius 1 is 1.38 bits per heavy atom. The van der Waals surface area contributed by atoms with Crippen molar-refractivity contribution in [3.63, 3.8) is 0 Å². The van der Waals surface area contributed by atoms with E-state index in [9.17, 15) is 4.79 Å². The van der Waals surface area contributed by atoms with E-state index in [0.717, 1.165) is 56.0 Å². The number of carbonyl (C=O) groups excluding carboxylic acids is 1. The van der Waals surface area contributed by atoms with Gasteiger partial charge in [0.05, 0.1) is 12.7 Å². The van der Waals surface area contributed by atoms with Crippen molar-refractivity contribution in [3.05, 3.63) is 36.0 Å². The summed E-state index contributed by atoms with van der Waals surface area (Å²) in [6.45, 7) is 3.93. The molecule has 2 aliphatic rings. The van der Waals surface area contributed by atoms with Gasteiger partial charge in [-0.3, -0.25) is 0 Å². The fraction of sp³-hybridized carbons (Fsp3) is 0.571. The molecule has 2 saturated heterocycles. The van der Waals surface area contributed by atoms with Crippen LogP contribution in [0.1, 0.15) is 37.4 Å². The number of hydrogen-bond acceptors (Lipinski definition) is 6. The molecule has 2 amide bonds. The Morgan fingerprint density at radius 3 is 2.93 bits per heavy atom. The second kappa shape index (κ2) is 8.41. The summed E-state index contributed by atoms with van der Waals surface area (Å²) >= 11 is 0. The molecule has 2 aliphatic heterocycles. The first-order valence-corrected chi connectivity index (χ1v) is 10.2. The summed E-state index contributed by atoms with van der Waals surface area (Å²) in [5.74, 6) is 2.59. The van der Waals surface area contributed by atoms with Gasteiger partial charge < -0.3 is 24.2 Å². The normalized spacial score (nSPS) is 21.2. The Kier molecular flexibility index (Phi) is 5.71. The topological polar surface area (TPSA) is 89.7 Å². The number of aryl methyl sites for hydroxylation is 1. The molecule has 1 aromatic heterocycles. The molecule has 1 spiro atoms. The van der Waals surface area contributed by atoms with Gasteiger partial charge in [-0.2, -0.15) is 4.98 Å². The average molecular weight is 400 g/mol. The third-order valence-electron chi connectivity index (χ3n) is 5.92. The third-order valence-corrected chi connectivity index (χ3v) is 5.92. The van der Waals surface area contributed by atoms with Crippen LogP contribution in [0.3, 0.4) is 0 Å². The monoisotopic (exact) mass is 400 g/mol. The summed E-state index contributed by atoms with van der Waals surface area (Å²) < 4.78 is 16.5. The first-order valence-electron chi connectivity index (χ1n) is 10.2. The molecule has 29 heavy (non-hydrogen) atoms. The standard InChI is InChI=1S/C21H28N4O4/c1-15-22-19(24-29-15)12-16-6-11-28-21(14-16)7-9-25(10-8-21)20(26)23-17-4-3-5-18(13-17)27-2/h3-5,13,16H,6-12,14H2,1-2H3,(H,23,26). The Balaban J connectivity index is 1.31. The molecular formula is C21H28N4O4. The van der Waals surface area contributed by atoms with Crippen molar-refractivity contribution in [1.29, 1.82) is 0 Å². The van der Waals surface area contributed by atoms with E-state index in [1.165, 1.54) is 0 Å². The van der Waals surface area contributed by atoms with Crippen LogP contribution >= 0.6 is 0 Å².